The van der Waals surface area contributed by atoms with Crippen molar-refractivity contribution in [3.63, 3.8) is 0 Å². The normalized spacial score (nSPS) is 16.2. The molecule has 2 nitrogen and oxygen atoms in total. The Hall–Kier alpha value is -1.18. The summed E-state index contributed by atoms with van der Waals surface area (Å²) in [6.07, 6.45) is 6.00. The van der Waals surface area contributed by atoms with Crippen LogP contribution in [0, 0.1) is 5.92 Å². The van der Waals surface area contributed by atoms with Gasteiger partial charge in [0.1, 0.15) is 0 Å². The maximum atomic E-state index is 11.5. The molecule has 0 saturated carbocycles. The molecule has 0 aromatic rings. The maximum absolute atomic E-state index is 11.5. The highest BCUT2D eigenvalue weighted by molar-refractivity contribution is 6.21. The molecule has 2 heteroatoms. The van der Waals surface area contributed by atoms with E-state index in [1.54, 1.807) is 18.2 Å². The van der Waals surface area contributed by atoms with E-state index in [2.05, 4.69) is 0 Å². The Kier molecular flexibility index (Phi) is 3.18. The summed E-state index contributed by atoms with van der Waals surface area (Å²) in [6.45, 7) is 3.95. The summed E-state index contributed by atoms with van der Waals surface area (Å²) in [4.78, 5) is 22.8. The van der Waals surface area contributed by atoms with E-state index in [1.165, 1.54) is 0 Å². The number of allylic oxidation sites excluding steroid dienone is 4. The van der Waals surface area contributed by atoms with Gasteiger partial charge in [0, 0.05) is 12.8 Å². The first kappa shape index (κ1) is 9.90. The Morgan fingerprint density at radius 1 is 1.54 bits per heavy atom. The van der Waals surface area contributed by atoms with Gasteiger partial charge >= 0.3 is 0 Å². The number of hydrogen-bond acceptors (Lipinski definition) is 2. The molecule has 0 spiro atoms. The molecule has 13 heavy (non-hydrogen) atoms. The molecule has 0 radical (unpaired) electrons. The first-order valence-corrected chi connectivity index (χ1v) is 4.54. The molecule has 0 bridgehead atoms. The van der Waals surface area contributed by atoms with Crippen molar-refractivity contribution >= 4 is 11.6 Å². The lowest BCUT2D eigenvalue weighted by molar-refractivity contribution is -0.121. The van der Waals surface area contributed by atoms with Crippen molar-refractivity contribution in [2.24, 2.45) is 5.92 Å². The Bertz CT molecular complexity index is 282. The van der Waals surface area contributed by atoms with Crippen molar-refractivity contribution in [1.29, 1.82) is 0 Å². The van der Waals surface area contributed by atoms with E-state index in [-0.39, 0.29) is 11.6 Å². The number of hydrogen-bond donors (Lipinski definition) is 0. The van der Waals surface area contributed by atoms with E-state index >= 15 is 0 Å². The van der Waals surface area contributed by atoms with Crippen molar-refractivity contribution in [2.75, 3.05) is 0 Å². The van der Waals surface area contributed by atoms with Crippen LogP contribution in [-0.4, -0.2) is 11.6 Å². The second-order valence-corrected chi connectivity index (χ2v) is 3.66. The molecule has 0 saturated heterocycles. The molecule has 0 N–H and O–H groups in total. The van der Waals surface area contributed by atoms with Crippen molar-refractivity contribution in [2.45, 2.75) is 26.7 Å². The molecule has 1 aliphatic rings. The predicted molar refractivity (Wildman–Crippen MR) is 51.3 cm³/mol. The van der Waals surface area contributed by atoms with Gasteiger partial charge in [-0.3, -0.25) is 9.59 Å². The van der Waals surface area contributed by atoms with Gasteiger partial charge < -0.3 is 0 Å². The lowest BCUT2D eigenvalue weighted by Crippen LogP contribution is -2.15. The van der Waals surface area contributed by atoms with Crippen molar-refractivity contribution in [1.82, 2.24) is 0 Å². The van der Waals surface area contributed by atoms with Crippen LogP contribution in [0.2, 0.25) is 0 Å². The molecule has 0 atom stereocenters. The monoisotopic (exact) mass is 178 g/mol. The van der Waals surface area contributed by atoms with Gasteiger partial charge in [0.15, 0.2) is 11.6 Å². The zero-order valence-electron chi connectivity index (χ0n) is 8.04. The topological polar surface area (TPSA) is 34.1 Å². The minimum absolute atomic E-state index is 0.0237. The lowest BCUT2D eigenvalue weighted by atomic mass is 9.94. The Morgan fingerprint density at radius 2 is 2.23 bits per heavy atom. The smallest absolute Gasteiger partial charge is 0.170 e. The van der Waals surface area contributed by atoms with Crippen LogP contribution in [0.15, 0.2) is 23.8 Å². The standard InChI is InChI=1S/C11H14O2/c1-8(2)7-11(13)9-5-3-4-6-10(9)12/h3-5,8H,6-7H2,1-2H3. The number of ketones is 2. The fourth-order valence-corrected chi connectivity index (χ4v) is 1.27. The molecule has 1 rings (SSSR count). The maximum Gasteiger partial charge on any atom is 0.170 e. The van der Waals surface area contributed by atoms with E-state index in [4.69, 9.17) is 0 Å². The number of Topliss-reactive ketones (excluding diaryl/α,β-unsaturated/α-hetero) is 2. The summed E-state index contributed by atoms with van der Waals surface area (Å²) < 4.78 is 0. The summed E-state index contributed by atoms with van der Waals surface area (Å²) >= 11 is 0. The van der Waals surface area contributed by atoms with Gasteiger partial charge in [-0.1, -0.05) is 26.0 Å². The SMILES string of the molecule is CC(C)CC(=O)C1=CC=CCC1=O. The van der Waals surface area contributed by atoms with Crippen LogP contribution >= 0.6 is 0 Å². The summed E-state index contributed by atoms with van der Waals surface area (Å²) in [5, 5.41) is 0. The van der Waals surface area contributed by atoms with Crippen LogP contribution in [0.3, 0.4) is 0 Å². The van der Waals surface area contributed by atoms with Crippen LogP contribution in [-0.2, 0) is 9.59 Å². The summed E-state index contributed by atoms with van der Waals surface area (Å²) in [5.74, 6) is 0.240. The van der Waals surface area contributed by atoms with Gasteiger partial charge in [-0.15, -0.1) is 0 Å². The van der Waals surface area contributed by atoms with Gasteiger partial charge in [0.2, 0.25) is 0 Å². The fraction of sp³-hybridized carbons (Fsp3) is 0.455. The first-order chi connectivity index (χ1) is 6.11. The number of carbonyl (C=O) groups excluding carboxylic acids is 2. The summed E-state index contributed by atoms with van der Waals surface area (Å²) in [6, 6.07) is 0. The average molecular weight is 178 g/mol. The molecule has 0 aromatic carbocycles. The van der Waals surface area contributed by atoms with E-state index in [1.807, 2.05) is 13.8 Å². The first-order valence-electron chi connectivity index (χ1n) is 4.54. The molecule has 0 fully saturated rings. The molecule has 1 aliphatic carbocycles. The quantitative estimate of drug-likeness (QED) is 0.620. The largest absolute Gasteiger partial charge is 0.294 e. The van der Waals surface area contributed by atoms with E-state index in [0.717, 1.165) is 0 Å². The van der Waals surface area contributed by atoms with Crippen molar-refractivity contribution in [3.8, 4) is 0 Å². The van der Waals surface area contributed by atoms with E-state index in [0.29, 0.717) is 24.3 Å². The third-order valence-electron chi connectivity index (χ3n) is 1.90. The highest BCUT2D eigenvalue weighted by Gasteiger charge is 2.18. The van der Waals surface area contributed by atoms with Crippen LogP contribution < -0.4 is 0 Å². The second-order valence-electron chi connectivity index (χ2n) is 3.66. The summed E-state index contributed by atoms with van der Waals surface area (Å²) in [7, 11) is 0. The third-order valence-corrected chi connectivity index (χ3v) is 1.90. The van der Waals surface area contributed by atoms with Gasteiger partial charge in [0.25, 0.3) is 0 Å². The molecular formula is C11H14O2. The molecule has 0 unspecified atom stereocenters. The Balaban J connectivity index is 2.70. The van der Waals surface area contributed by atoms with Crippen LogP contribution in [0.4, 0.5) is 0 Å². The second kappa shape index (κ2) is 4.17. The number of carbonyl (C=O) groups is 2. The Labute approximate surface area is 78.3 Å². The lowest BCUT2D eigenvalue weighted by Gasteiger charge is -2.08. The van der Waals surface area contributed by atoms with Gasteiger partial charge in [-0.05, 0) is 12.0 Å². The predicted octanol–water partition coefficient (Wildman–Crippen LogP) is 2.06. The van der Waals surface area contributed by atoms with E-state index in [9.17, 15) is 9.59 Å². The molecule has 0 amide bonds. The highest BCUT2D eigenvalue weighted by Crippen LogP contribution is 2.13. The van der Waals surface area contributed by atoms with Crippen LogP contribution in [0.1, 0.15) is 26.7 Å². The van der Waals surface area contributed by atoms with Crippen LogP contribution in [0.5, 0.6) is 0 Å². The fourth-order valence-electron chi connectivity index (χ4n) is 1.27. The molecule has 70 valence electrons. The molecular weight excluding hydrogens is 164 g/mol. The van der Waals surface area contributed by atoms with Crippen LogP contribution in [0.25, 0.3) is 0 Å². The Morgan fingerprint density at radius 3 is 2.77 bits per heavy atom. The van der Waals surface area contributed by atoms with E-state index < -0.39 is 0 Å². The molecule has 0 heterocycles. The summed E-state index contributed by atoms with van der Waals surface area (Å²) in [5.41, 5.74) is 0.371. The minimum atomic E-state index is -0.0480. The highest BCUT2D eigenvalue weighted by atomic mass is 16.1. The average Bonchev–Trinajstić information content (AvgIpc) is 2.03. The zero-order valence-corrected chi connectivity index (χ0v) is 8.04. The van der Waals surface area contributed by atoms with Gasteiger partial charge in [-0.2, -0.15) is 0 Å². The van der Waals surface area contributed by atoms with Crippen molar-refractivity contribution < 1.29 is 9.59 Å². The van der Waals surface area contributed by atoms with Gasteiger partial charge in [0.05, 0.1) is 5.57 Å². The molecule has 0 aromatic heterocycles. The third kappa shape index (κ3) is 2.65. The number of rotatable bonds is 3. The minimum Gasteiger partial charge on any atom is -0.294 e. The van der Waals surface area contributed by atoms with Gasteiger partial charge in [-0.25, -0.2) is 0 Å². The zero-order chi connectivity index (χ0) is 9.84. The van der Waals surface area contributed by atoms with Crippen molar-refractivity contribution in [3.05, 3.63) is 23.8 Å². The molecule has 0 aliphatic heterocycles.